The van der Waals surface area contributed by atoms with Crippen molar-refractivity contribution in [2.24, 2.45) is 23.0 Å². The minimum absolute atomic E-state index is 0.0436. The van der Waals surface area contributed by atoms with Crippen LogP contribution in [0, 0.1) is 17.3 Å². The first-order valence-electron chi connectivity index (χ1n) is 8.01. The molecule has 0 bridgehead atoms. The summed E-state index contributed by atoms with van der Waals surface area (Å²) in [6.45, 7) is 9.41. The van der Waals surface area contributed by atoms with E-state index in [0.717, 1.165) is 32.3 Å². The van der Waals surface area contributed by atoms with Gasteiger partial charge in [0.15, 0.2) is 0 Å². The highest BCUT2D eigenvalue weighted by Gasteiger charge is 2.45. The number of carbonyl (C=O) groups is 1. The number of hydrogen-bond acceptors (Lipinski definition) is 3. The van der Waals surface area contributed by atoms with Crippen LogP contribution >= 0.6 is 0 Å². The fourth-order valence-corrected chi connectivity index (χ4v) is 3.73. The minimum Gasteiger partial charge on any atom is -0.376 e. The van der Waals surface area contributed by atoms with Gasteiger partial charge in [0, 0.05) is 18.6 Å². The van der Waals surface area contributed by atoms with Crippen LogP contribution in [0.1, 0.15) is 53.4 Å². The first kappa shape index (κ1) is 15.8. The van der Waals surface area contributed by atoms with Gasteiger partial charge in [-0.05, 0) is 43.9 Å². The Morgan fingerprint density at radius 2 is 2.05 bits per heavy atom. The molecule has 2 fully saturated rings. The van der Waals surface area contributed by atoms with Crippen molar-refractivity contribution in [1.29, 1.82) is 0 Å². The molecule has 1 heterocycles. The monoisotopic (exact) mass is 282 g/mol. The van der Waals surface area contributed by atoms with E-state index in [1.807, 2.05) is 0 Å². The second-order valence-electron chi connectivity index (χ2n) is 7.25. The Balaban J connectivity index is 1.97. The number of rotatable bonds is 3. The summed E-state index contributed by atoms with van der Waals surface area (Å²) in [6, 6.07) is 0.316. The van der Waals surface area contributed by atoms with Gasteiger partial charge in [-0.3, -0.25) is 4.79 Å². The third-order valence-electron chi connectivity index (χ3n) is 5.71. The molecule has 1 amide bonds. The predicted molar refractivity (Wildman–Crippen MR) is 80.2 cm³/mol. The molecule has 1 saturated carbocycles. The van der Waals surface area contributed by atoms with E-state index in [9.17, 15) is 4.79 Å². The molecule has 0 aromatic heterocycles. The number of nitrogens with two attached hydrogens (primary N) is 1. The average Bonchev–Trinajstić information content (AvgIpc) is 2.89. The average molecular weight is 282 g/mol. The van der Waals surface area contributed by atoms with Crippen LogP contribution in [-0.4, -0.2) is 30.7 Å². The van der Waals surface area contributed by atoms with Crippen LogP contribution < -0.4 is 11.1 Å². The second-order valence-corrected chi connectivity index (χ2v) is 7.25. The van der Waals surface area contributed by atoms with Crippen molar-refractivity contribution >= 4 is 5.91 Å². The smallest absolute Gasteiger partial charge is 0.223 e. The number of carbonyl (C=O) groups excluding carboxylic acids is 1. The first-order chi connectivity index (χ1) is 9.34. The normalized spacial score (nSPS) is 38.5. The molecule has 0 radical (unpaired) electrons. The van der Waals surface area contributed by atoms with E-state index in [4.69, 9.17) is 10.5 Å². The summed E-state index contributed by atoms with van der Waals surface area (Å²) >= 11 is 0. The van der Waals surface area contributed by atoms with Crippen LogP contribution in [0.25, 0.3) is 0 Å². The molecular formula is C16H30N2O2. The van der Waals surface area contributed by atoms with Gasteiger partial charge >= 0.3 is 0 Å². The summed E-state index contributed by atoms with van der Waals surface area (Å²) in [4.78, 5) is 12.6. The van der Waals surface area contributed by atoms with Crippen molar-refractivity contribution in [3.63, 3.8) is 0 Å². The van der Waals surface area contributed by atoms with Crippen LogP contribution in [0.4, 0.5) is 0 Å². The molecule has 2 rings (SSSR count). The van der Waals surface area contributed by atoms with Crippen LogP contribution in [0.3, 0.4) is 0 Å². The Morgan fingerprint density at radius 3 is 2.65 bits per heavy atom. The SMILES string of the molecule is CC(NC(=O)C1CCC(N)C(C)C1(C)C)C1CCCO1. The van der Waals surface area contributed by atoms with Crippen molar-refractivity contribution < 1.29 is 9.53 Å². The van der Waals surface area contributed by atoms with Crippen LogP contribution in [0.15, 0.2) is 0 Å². The molecule has 1 saturated heterocycles. The molecule has 4 nitrogen and oxygen atoms in total. The van der Waals surface area contributed by atoms with Crippen LogP contribution in [0.2, 0.25) is 0 Å². The molecule has 0 aromatic carbocycles. The Bertz CT molecular complexity index is 350. The van der Waals surface area contributed by atoms with Crippen molar-refractivity contribution in [1.82, 2.24) is 5.32 Å². The second kappa shape index (κ2) is 6.02. The zero-order valence-corrected chi connectivity index (χ0v) is 13.3. The summed E-state index contributed by atoms with van der Waals surface area (Å²) < 4.78 is 5.66. The van der Waals surface area contributed by atoms with Crippen molar-refractivity contribution in [2.45, 2.75) is 71.6 Å². The maximum absolute atomic E-state index is 12.6. The Hall–Kier alpha value is -0.610. The van der Waals surface area contributed by atoms with Gasteiger partial charge in [0.25, 0.3) is 0 Å². The number of hydrogen-bond donors (Lipinski definition) is 2. The molecule has 116 valence electrons. The molecule has 2 aliphatic rings. The van der Waals surface area contributed by atoms with Crippen LogP contribution in [-0.2, 0) is 9.53 Å². The molecule has 20 heavy (non-hydrogen) atoms. The van der Waals surface area contributed by atoms with Gasteiger partial charge in [-0.2, -0.15) is 0 Å². The summed E-state index contributed by atoms with van der Waals surface area (Å²) in [5.74, 6) is 0.600. The fourth-order valence-electron chi connectivity index (χ4n) is 3.73. The van der Waals surface area contributed by atoms with E-state index >= 15 is 0 Å². The zero-order chi connectivity index (χ0) is 14.9. The zero-order valence-electron chi connectivity index (χ0n) is 13.3. The van der Waals surface area contributed by atoms with E-state index in [0.29, 0.717) is 5.92 Å². The third-order valence-corrected chi connectivity index (χ3v) is 5.71. The Morgan fingerprint density at radius 1 is 1.35 bits per heavy atom. The lowest BCUT2D eigenvalue weighted by Gasteiger charge is -2.46. The lowest BCUT2D eigenvalue weighted by molar-refractivity contribution is -0.134. The maximum Gasteiger partial charge on any atom is 0.223 e. The summed E-state index contributed by atoms with van der Waals surface area (Å²) in [5.41, 5.74) is 6.12. The van der Waals surface area contributed by atoms with Gasteiger partial charge in [-0.1, -0.05) is 20.8 Å². The Labute approximate surface area is 122 Å². The quantitative estimate of drug-likeness (QED) is 0.833. The molecule has 4 heteroatoms. The summed E-state index contributed by atoms with van der Waals surface area (Å²) in [6.07, 6.45) is 4.17. The van der Waals surface area contributed by atoms with Crippen LogP contribution in [0.5, 0.6) is 0 Å². The van der Waals surface area contributed by atoms with Gasteiger partial charge in [0.1, 0.15) is 0 Å². The predicted octanol–water partition coefficient (Wildman–Crippen LogP) is 2.07. The van der Waals surface area contributed by atoms with Crippen molar-refractivity contribution in [3.8, 4) is 0 Å². The third kappa shape index (κ3) is 3.01. The molecular weight excluding hydrogens is 252 g/mol. The molecule has 5 atom stereocenters. The number of amides is 1. The van der Waals surface area contributed by atoms with E-state index in [-0.39, 0.29) is 35.4 Å². The van der Waals surface area contributed by atoms with Gasteiger partial charge in [0.2, 0.25) is 5.91 Å². The van der Waals surface area contributed by atoms with Gasteiger partial charge < -0.3 is 15.8 Å². The molecule has 5 unspecified atom stereocenters. The largest absolute Gasteiger partial charge is 0.376 e. The minimum atomic E-state index is -0.0436. The Kier molecular flexibility index (Phi) is 4.75. The standard InChI is InChI=1S/C16H30N2O2/c1-10-13(17)8-7-12(16(10,3)4)15(19)18-11(2)14-6-5-9-20-14/h10-14H,5-9,17H2,1-4H3,(H,18,19). The highest BCUT2D eigenvalue weighted by molar-refractivity contribution is 5.80. The number of nitrogens with one attached hydrogen (secondary N) is 1. The van der Waals surface area contributed by atoms with Gasteiger partial charge in [-0.15, -0.1) is 0 Å². The lowest BCUT2D eigenvalue weighted by atomic mass is 9.61. The molecule has 1 aliphatic carbocycles. The van der Waals surface area contributed by atoms with E-state index < -0.39 is 0 Å². The molecule has 1 aliphatic heterocycles. The summed E-state index contributed by atoms with van der Waals surface area (Å²) in [5, 5.41) is 3.18. The van der Waals surface area contributed by atoms with E-state index in [1.54, 1.807) is 0 Å². The van der Waals surface area contributed by atoms with E-state index in [2.05, 4.69) is 33.0 Å². The fraction of sp³-hybridized carbons (Fsp3) is 0.938. The number of ether oxygens (including phenoxy) is 1. The first-order valence-corrected chi connectivity index (χ1v) is 8.01. The summed E-state index contributed by atoms with van der Waals surface area (Å²) in [7, 11) is 0. The van der Waals surface area contributed by atoms with E-state index in [1.165, 1.54) is 0 Å². The molecule has 0 spiro atoms. The topological polar surface area (TPSA) is 64.4 Å². The van der Waals surface area contributed by atoms with Gasteiger partial charge in [-0.25, -0.2) is 0 Å². The van der Waals surface area contributed by atoms with Crippen molar-refractivity contribution in [3.05, 3.63) is 0 Å². The lowest BCUT2D eigenvalue weighted by Crippen LogP contribution is -2.53. The molecule has 3 N–H and O–H groups in total. The highest BCUT2D eigenvalue weighted by Crippen LogP contribution is 2.44. The van der Waals surface area contributed by atoms with Crippen molar-refractivity contribution in [2.75, 3.05) is 6.61 Å². The maximum atomic E-state index is 12.6. The van der Waals surface area contributed by atoms with Gasteiger partial charge in [0.05, 0.1) is 12.1 Å². The highest BCUT2D eigenvalue weighted by atomic mass is 16.5. The molecule has 0 aromatic rings.